The number of nitrogens with one attached hydrogen (secondary N) is 2. The lowest BCUT2D eigenvalue weighted by atomic mass is 10.1. The zero-order valence-corrected chi connectivity index (χ0v) is 22.1. The van der Waals surface area contributed by atoms with Crippen molar-refractivity contribution in [3.05, 3.63) is 88.4 Å². The molecule has 3 aromatic rings. The Bertz CT molecular complexity index is 1390. The summed E-state index contributed by atoms with van der Waals surface area (Å²) in [6, 6.07) is 18.8. The number of amides is 2. The van der Waals surface area contributed by atoms with Crippen molar-refractivity contribution in [2.24, 2.45) is 5.10 Å². The summed E-state index contributed by atoms with van der Waals surface area (Å²) < 4.78 is 31.1. The molecule has 3 rings (SSSR count). The van der Waals surface area contributed by atoms with E-state index < -0.39 is 22.5 Å². The maximum absolute atomic E-state index is 12.4. The van der Waals surface area contributed by atoms with E-state index in [1.165, 1.54) is 6.21 Å². The molecular formula is C26H27ClN4O5S. The van der Waals surface area contributed by atoms with Crippen LogP contribution in [-0.2, 0) is 19.6 Å². The number of ether oxygens (including phenoxy) is 1. The second-order valence-corrected chi connectivity index (χ2v) is 10.7. The Hall–Kier alpha value is -3.89. The summed E-state index contributed by atoms with van der Waals surface area (Å²) in [5.41, 5.74) is 5.76. The van der Waals surface area contributed by atoms with Crippen LogP contribution in [0, 0.1) is 13.8 Å². The zero-order chi connectivity index (χ0) is 27.0. The van der Waals surface area contributed by atoms with Crippen LogP contribution in [0.1, 0.15) is 16.7 Å². The fraction of sp³-hybridized carbons (Fsp3) is 0.192. The van der Waals surface area contributed by atoms with Gasteiger partial charge in [-0.05, 0) is 85.1 Å². The van der Waals surface area contributed by atoms with Crippen molar-refractivity contribution in [2.45, 2.75) is 13.8 Å². The first-order valence-electron chi connectivity index (χ1n) is 11.2. The number of carbonyl (C=O) groups is 2. The molecular weight excluding hydrogens is 516 g/mol. The molecule has 0 atom stereocenters. The Morgan fingerprint density at radius 2 is 1.68 bits per heavy atom. The highest BCUT2D eigenvalue weighted by molar-refractivity contribution is 7.92. The number of rotatable bonds is 10. The van der Waals surface area contributed by atoms with E-state index in [2.05, 4.69) is 15.8 Å². The van der Waals surface area contributed by atoms with Gasteiger partial charge in [0, 0.05) is 10.7 Å². The minimum atomic E-state index is -3.69. The minimum Gasteiger partial charge on any atom is -0.484 e. The first kappa shape index (κ1) is 27.7. The highest BCUT2D eigenvalue weighted by Gasteiger charge is 2.21. The Balaban J connectivity index is 1.51. The molecule has 0 saturated heterocycles. The molecule has 9 nitrogen and oxygen atoms in total. The quantitative estimate of drug-likeness (QED) is 0.298. The molecule has 3 aromatic carbocycles. The number of anilines is 2. The summed E-state index contributed by atoms with van der Waals surface area (Å²) in [7, 11) is -3.69. The van der Waals surface area contributed by atoms with Gasteiger partial charge in [-0.25, -0.2) is 13.8 Å². The molecule has 2 amide bonds. The molecule has 0 aliphatic carbocycles. The maximum Gasteiger partial charge on any atom is 0.262 e. The number of aryl methyl sites for hydroxylation is 2. The highest BCUT2D eigenvalue weighted by atomic mass is 35.5. The Morgan fingerprint density at radius 1 is 1.00 bits per heavy atom. The monoisotopic (exact) mass is 542 g/mol. The van der Waals surface area contributed by atoms with Crippen LogP contribution in [0.25, 0.3) is 0 Å². The number of halogens is 1. The number of hydrogen-bond donors (Lipinski definition) is 2. The number of hydrazone groups is 1. The lowest BCUT2D eigenvalue weighted by Crippen LogP contribution is -2.39. The maximum atomic E-state index is 12.4. The zero-order valence-electron chi connectivity index (χ0n) is 20.6. The van der Waals surface area contributed by atoms with Gasteiger partial charge >= 0.3 is 0 Å². The predicted octanol–water partition coefficient (Wildman–Crippen LogP) is 3.89. The van der Waals surface area contributed by atoms with Crippen LogP contribution >= 0.6 is 11.6 Å². The van der Waals surface area contributed by atoms with Crippen molar-refractivity contribution in [2.75, 3.05) is 29.0 Å². The van der Waals surface area contributed by atoms with Gasteiger partial charge in [-0.1, -0.05) is 23.7 Å². The summed E-state index contributed by atoms with van der Waals surface area (Å²) in [6.45, 7) is 3.11. The van der Waals surface area contributed by atoms with E-state index in [-0.39, 0.29) is 12.5 Å². The lowest BCUT2D eigenvalue weighted by Gasteiger charge is -2.22. The molecule has 37 heavy (non-hydrogen) atoms. The third-order valence-electron chi connectivity index (χ3n) is 4.94. The molecule has 0 aliphatic heterocycles. The summed E-state index contributed by atoms with van der Waals surface area (Å²) in [5, 5.41) is 7.11. The fourth-order valence-electron chi connectivity index (χ4n) is 3.40. The van der Waals surface area contributed by atoms with Gasteiger partial charge in [0.1, 0.15) is 12.3 Å². The lowest BCUT2D eigenvalue weighted by molar-refractivity contribution is -0.119. The van der Waals surface area contributed by atoms with Gasteiger partial charge in [-0.3, -0.25) is 13.9 Å². The van der Waals surface area contributed by atoms with Gasteiger partial charge in [-0.2, -0.15) is 5.10 Å². The van der Waals surface area contributed by atoms with E-state index in [1.54, 1.807) is 60.7 Å². The van der Waals surface area contributed by atoms with E-state index in [4.69, 9.17) is 16.3 Å². The van der Waals surface area contributed by atoms with Gasteiger partial charge < -0.3 is 10.1 Å². The van der Waals surface area contributed by atoms with Crippen LogP contribution in [-0.4, -0.2) is 45.9 Å². The normalized spacial score (nSPS) is 11.2. The molecule has 0 unspecified atom stereocenters. The average molecular weight is 543 g/mol. The molecule has 0 bridgehead atoms. The smallest absolute Gasteiger partial charge is 0.262 e. The van der Waals surface area contributed by atoms with E-state index in [1.807, 2.05) is 19.9 Å². The largest absolute Gasteiger partial charge is 0.484 e. The molecule has 11 heteroatoms. The summed E-state index contributed by atoms with van der Waals surface area (Å²) in [5.74, 6) is -0.453. The third-order valence-corrected chi connectivity index (χ3v) is 6.32. The molecule has 0 saturated carbocycles. The van der Waals surface area contributed by atoms with Crippen LogP contribution in [0.3, 0.4) is 0 Å². The average Bonchev–Trinajstić information content (AvgIpc) is 2.81. The topological polar surface area (TPSA) is 117 Å². The van der Waals surface area contributed by atoms with Crippen LogP contribution in [0.5, 0.6) is 5.75 Å². The summed E-state index contributed by atoms with van der Waals surface area (Å²) in [6.07, 6.45) is 2.46. The Morgan fingerprint density at radius 3 is 2.30 bits per heavy atom. The summed E-state index contributed by atoms with van der Waals surface area (Å²) in [4.78, 5) is 24.4. The Kier molecular flexibility index (Phi) is 9.26. The first-order chi connectivity index (χ1) is 17.5. The van der Waals surface area contributed by atoms with Crippen molar-refractivity contribution < 1.29 is 22.7 Å². The Labute approximate surface area is 221 Å². The molecule has 194 valence electrons. The van der Waals surface area contributed by atoms with Crippen molar-refractivity contribution in [1.29, 1.82) is 0 Å². The van der Waals surface area contributed by atoms with Crippen molar-refractivity contribution in [3.63, 3.8) is 0 Å². The van der Waals surface area contributed by atoms with Gasteiger partial charge in [0.15, 0.2) is 6.61 Å². The highest BCUT2D eigenvalue weighted by Crippen LogP contribution is 2.21. The molecule has 0 fully saturated rings. The number of sulfonamides is 1. The van der Waals surface area contributed by atoms with Crippen LogP contribution in [0.4, 0.5) is 11.4 Å². The molecule has 0 aliphatic rings. The van der Waals surface area contributed by atoms with Gasteiger partial charge in [0.05, 0.1) is 18.2 Å². The number of hydrogen-bond acceptors (Lipinski definition) is 6. The van der Waals surface area contributed by atoms with Gasteiger partial charge in [0.25, 0.3) is 11.8 Å². The molecule has 0 spiro atoms. The summed E-state index contributed by atoms with van der Waals surface area (Å²) >= 11 is 5.90. The van der Waals surface area contributed by atoms with Crippen molar-refractivity contribution in [1.82, 2.24) is 5.43 Å². The van der Waals surface area contributed by atoms with Gasteiger partial charge in [0.2, 0.25) is 10.0 Å². The molecule has 0 radical (unpaired) electrons. The van der Waals surface area contributed by atoms with Crippen LogP contribution in [0.15, 0.2) is 71.8 Å². The second kappa shape index (κ2) is 12.4. The second-order valence-electron chi connectivity index (χ2n) is 8.32. The molecule has 2 N–H and O–H groups in total. The number of nitrogens with zero attached hydrogens (tertiary/aromatic N) is 2. The van der Waals surface area contributed by atoms with Crippen molar-refractivity contribution in [3.8, 4) is 5.75 Å². The third kappa shape index (κ3) is 8.93. The minimum absolute atomic E-state index is 0.187. The van der Waals surface area contributed by atoms with Crippen molar-refractivity contribution >= 4 is 51.0 Å². The van der Waals surface area contributed by atoms with Crippen LogP contribution in [0.2, 0.25) is 5.02 Å². The standard InChI is InChI=1S/C26H27ClN4O5S/c1-18-11-19(2)13-23(12-18)31(37(3,34)35)16-25(32)30-28-15-20-7-9-24(10-8-20)36-17-26(33)29-22-6-4-5-21(27)14-22/h4-15H,16-17H2,1-3H3,(H,29,33)(H,30,32)/b28-15-. The fourth-order valence-corrected chi connectivity index (χ4v) is 4.43. The number of benzene rings is 3. The SMILES string of the molecule is Cc1cc(C)cc(N(CC(=O)N/N=C\c2ccc(OCC(=O)Nc3cccc(Cl)c3)cc2)S(C)(=O)=O)c1. The van der Waals surface area contributed by atoms with Crippen LogP contribution < -0.4 is 19.8 Å². The van der Waals surface area contributed by atoms with E-state index in [0.29, 0.717) is 27.7 Å². The van der Waals surface area contributed by atoms with E-state index >= 15 is 0 Å². The van der Waals surface area contributed by atoms with E-state index in [9.17, 15) is 18.0 Å². The molecule has 0 heterocycles. The first-order valence-corrected chi connectivity index (χ1v) is 13.4. The molecule has 0 aromatic heterocycles. The number of carbonyl (C=O) groups excluding carboxylic acids is 2. The van der Waals surface area contributed by atoms with Gasteiger partial charge in [-0.15, -0.1) is 0 Å². The van der Waals surface area contributed by atoms with E-state index in [0.717, 1.165) is 21.7 Å². The predicted molar refractivity (Wildman–Crippen MR) is 146 cm³/mol.